The van der Waals surface area contributed by atoms with Crippen LogP contribution in [0.5, 0.6) is 5.75 Å². The lowest BCUT2D eigenvalue weighted by Crippen LogP contribution is -2.46. The van der Waals surface area contributed by atoms with Gasteiger partial charge in [0, 0.05) is 19.6 Å². The van der Waals surface area contributed by atoms with E-state index in [0.717, 1.165) is 12.8 Å². The van der Waals surface area contributed by atoms with Crippen LogP contribution in [-0.4, -0.2) is 42.5 Å². The van der Waals surface area contributed by atoms with Crippen LogP contribution < -0.4 is 10.1 Å². The van der Waals surface area contributed by atoms with Crippen molar-refractivity contribution in [2.75, 3.05) is 19.6 Å². The highest BCUT2D eigenvalue weighted by molar-refractivity contribution is 5.81. The van der Waals surface area contributed by atoms with E-state index in [-0.39, 0.29) is 18.2 Å². The molecule has 1 heterocycles. The molecule has 6 heteroatoms. The second kappa shape index (κ2) is 9.96. The van der Waals surface area contributed by atoms with E-state index >= 15 is 0 Å². The van der Waals surface area contributed by atoms with Crippen molar-refractivity contribution in [3.63, 3.8) is 0 Å². The van der Waals surface area contributed by atoms with Crippen molar-refractivity contribution in [3.05, 3.63) is 29.8 Å². The minimum absolute atomic E-state index is 0.00472. The second-order valence-electron chi connectivity index (χ2n) is 7.39. The monoisotopic (exact) mass is 371 g/mol. The molecule has 0 saturated carbocycles. The van der Waals surface area contributed by atoms with Crippen LogP contribution in [0.15, 0.2) is 24.3 Å². The summed E-state index contributed by atoms with van der Waals surface area (Å²) in [5.74, 6) is 1.27. The summed E-state index contributed by atoms with van der Waals surface area (Å²) in [5, 5.41) is 11.3. The zero-order valence-corrected chi connectivity index (χ0v) is 16.4. The van der Waals surface area contributed by atoms with E-state index in [9.17, 15) is 9.59 Å². The minimum atomic E-state index is -0.526. The minimum Gasteiger partial charge on any atom is -0.481 e. The third-order valence-electron chi connectivity index (χ3n) is 4.96. The number of carbonyl (C=O) groups excluding carboxylic acids is 2. The third kappa shape index (κ3) is 6.28. The number of nitrogens with zero attached hydrogens (tertiary/aromatic N) is 2. The van der Waals surface area contributed by atoms with E-state index in [0.29, 0.717) is 37.2 Å². The highest BCUT2D eigenvalue weighted by atomic mass is 16.5. The molecule has 1 aromatic carbocycles. The number of nitrogens with one attached hydrogen (secondary N) is 1. The molecule has 1 aliphatic rings. The van der Waals surface area contributed by atoms with Crippen molar-refractivity contribution in [1.29, 1.82) is 5.26 Å². The number of likely N-dealkylation sites (tertiary alicyclic amines) is 1. The number of carbonyl (C=O) groups is 2. The van der Waals surface area contributed by atoms with Crippen molar-refractivity contribution in [2.45, 2.75) is 52.1 Å². The molecule has 27 heavy (non-hydrogen) atoms. The van der Waals surface area contributed by atoms with Crippen LogP contribution in [-0.2, 0) is 9.59 Å². The maximum Gasteiger partial charge on any atom is 0.263 e. The lowest BCUT2D eigenvalue weighted by atomic mass is 9.96. The SMILES string of the molecule is CC(Oc1ccc(C(C)C)cc1)C(=O)N1CCC(CNC(=O)CC#N)CC1. The zero-order chi connectivity index (χ0) is 19.8. The predicted molar refractivity (Wildman–Crippen MR) is 103 cm³/mol. The van der Waals surface area contributed by atoms with Gasteiger partial charge in [0.15, 0.2) is 6.10 Å². The van der Waals surface area contributed by atoms with Crippen LogP contribution >= 0.6 is 0 Å². The maximum absolute atomic E-state index is 12.6. The normalized spacial score (nSPS) is 15.9. The molecule has 6 nitrogen and oxygen atoms in total. The highest BCUT2D eigenvalue weighted by Gasteiger charge is 2.27. The van der Waals surface area contributed by atoms with Gasteiger partial charge in [-0.15, -0.1) is 0 Å². The van der Waals surface area contributed by atoms with Gasteiger partial charge in [-0.05, 0) is 49.3 Å². The van der Waals surface area contributed by atoms with Crippen LogP contribution in [0.4, 0.5) is 0 Å². The largest absolute Gasteiger partial charge is 0.481 e. The van der Waals surface area contributed by atoms with Crippen LogP contribution in [0.2, 0.25) is 0 Å². The average Bonchev–Trinajstić information content (AvgIpc) is 2.67. The average molecular weight is 371 g/mol. The molecule has 2 rings (SSSR count). The van der Waals surface area contributed by atoms with Crippen LogP contribution in [0.3, 0.4) is 0 Å². The number of rotatable bonds is 7. The first-order valence-corrected chi connectivity index (χ1v) is 9.59. The number of nitriles is 1. The Bertz CT molecular complexity index is 671. The summed E-state index contributed by atoms with van der Waals surface area (Å²) in [4.78, 5) is 25.8. The molecule has 1 fully saturated rings. The maximum atomic E-state index is 12.6. The van der Waals surface area contributed by atoms with Crippen molar-refractivity contribution >= 4 is 11.8 Å². The molecule has 146 valence electrons. The molecule has 1 saturated heterocycles. The standard InChI is InChI=1S/C21H29N3O3/c1-15(2)18-4-6-19(7-5-18)27-16(3)21(26)24-12-9-17(10-13-24)14-23-20(25)8-11-22/h4-7,15-17H,8-10,12-14H2,1-3H3,(H,23,25). The molecule has 0 aliphatic carbocycles. The van der Waals surface area contributed by atoms with Crippen LogP contribution in [0.1, 0.15) is 51.5 Å². The smallest absolute Gasteiger partial charge is 0.263 e. The van der Waals surface area contributed by atoms with Gasteiger partial charge in [-0.1, -0.05) is 26.0 Å². The number of ether oxygens (including phenoxy) is 1. The molecular weight excluding hydrogens is 342 g/mol. The van der Waals surface area contributed by atoms with Crippen molar-refractivity contribution < 1.29 is 14.3 Å². The van der Waals surface area contributed by atoms with Crippen LogP contribution in [0, 0.1) is 17.2 Å². The molecule has 0 bridgehead atoms. The van der Waals surface area contributed by atoms with E-state index in [1.165, 1.54) is 5.56 Å². The van der Waals surface area contributed by atoms with Gasteiger partial charge in [-0.3, -0.25) is 9.59 Å². The summed E-state index contributed by atoms with van der Waals surface area (Å²) in [6.07, 6.45) is 1.05. The molecule has 0 radical (unpaired) electrons. The van der Waals surface area contributed by atoms with E-state index < -0.39 is 6.10 Å². The third-order valence-corrected chi connectivity index (χ3v) is 4.96. The lowest BCUT2D eigenvalue weighted by Gasteiger charge is -2.33. The Morgan fingerprint density at radius 3 is 2.41 bits per heavy atom. The summed E-state index contributed by atoms with van der Waals surface area (Å²) in [6.45, 7) is 7.96. The van der Waals surface area contributed by atoms with E-state index in [1.54, 1.807) is 6.92 Å². The fourth-order valence-corrected chi connectivity index (χ4v) is 3.19. The van der Waals surface area contributed by atoms with E-state index in [4.69, 9.17) is 10.00 Å². The number of hydrogen-bond acceptors (Lipinski definition) is 4. The Kier molecular flexibility index (Phi) is 7.66. The van der Waals surface area contributed by atoms with Gasteiger partial charge in [0.2, 0.25) is 5.91 Å². The molecule has 0 spiro atoms. The Labute approximate surface area is 161 Å². The molecule has 1 unspecified atom stereocenters. The first kappa shape index (κ1) is 20.8. The van der Waals surface area contributed by atoms with E-state index in [1.807, 2.05) is 35.2 Å². The first-order valence-electron chi connectivity index (χ1n) is 9.59. The van der Waals surface area contributed by atoms with Gasteiger partial charge in [0.25, 0.3) is 5.91 Å². The summed E-state index contributed by atoms with van der Waals surface area (Å²) in [5.41, 5.74) is 1.24. The van der Waals surface area contributed by atoms with Gasteiger partial charge in [-0.2, -0.15) is 5.26 Å². The summed E-state index contributed by atoms with van der Waals surface area (Å²) in [6, 6.07) is 9.73. The Hall–Kier alpha value is -2.55. The molecule has 1 aromatic rings. The zero-order valence-electron chi connectivity index (χ0n) is 16.4. The van der Waals surface area contributed by atoms with Gasteiger partial charge in [0.05, 0.1) is 6.07 Å². The number of hydrogen-bond donors (Lipinski definition) is 1. The molecular formula is C21H29N3O3. The van der Waals surface area contributed by atoms with Crippen molar-refractivity contribution in [1.82, 2.24) is 10.2 Å². The Morgan fingerprint density at radius 2 is 1.85 bits per heavy atom. The second-order valence-corrected chi connectivity index (χ2v) is 7.39. The Morgan fingerprint density at radius 1 is 1.22 bits per heavy atom. The van der Waals surface area contributed by atoms with E-state index in [2.05, 4.69) is 19.2 Å². The molecule has 1 atom stereocenters. The molecule has 1 aliphatic heterocycles. The van der Waals surface area contributed by atoms with Crippen LogP contribution in [0.25, 0.3) is 0 Å². The Balaban J connectivity index is 1.77. The molecule has 1 N–H and O–H groups in total. The van der Waals surface area contributed by atoms with Gasteiger partial charge >= 0.3 is 0 Å². The molecule has 0 aromatic heterocycles. The molecule has 2 amide bonds. The fourth-order valence-electron chi connectivity index (χ4n) is 3.19. The van der Waals surface area contributed by atoms with Gasteiger partial charge < -0.3 is 15.0 Å². The van der Waals surface area contributed by atoms with Crippen molar-refractivity contribution in [3.8, 4) is 11.8 Å². The fraction of sp³-hybridized carbons (Fsp3) is 0.571. The number of benzene rings is 1. The van der Waals surface area contributed by atoms with Crippen molar-refractivity contribution in [2.24, 2.45) is 5.92 Å². The summed E-state index contributed by atoms with van der Waals surface area (Å²) in [7, 11) is 0. The van der Waals surface area contributed by atoms with Gasteiger partial charge in [0.1, 0.15) is 12.2 Å². The first-order chi connectivity index (χ1) is 12.9. The predicted octanol–water partition coefficient (Wildman–Crippen LogP) is 2.85. The number of amides is 2. The lowest BCUT2D eigenvalue weighted by molar-refractivity contribution is -0.139. The van der Waals surface area contributed by atoms with Gasteiger partial charge in [-0.25, -0.2) is 0 Å². The summed E-state index contributed by atoms with van der Waals surface area (Å²) >= 11 is 0. The quantitative estimate of drug-likeness (QED) is 0.799. The topological polar surface area (TPSA) is 82.4 Å². The summed E-state index contributed by atoms with van der Waals surface area (Å²) < 4.78 is 5.82. The highest BCUT2D eigenvalue weighted by Crippen LogP contribution is 2.21. The number of piperidine rings is 1.